The van der Waals surface area contributed by atoms with E-state index in [1.165, 1.54) is 0 Å². The predicted octanol–water partition coefficient (Wildman–Crippen LogP) is 2.74. The molecule has 2 aromatic heterocycles. The maximum Gasteiger partial charge on any atom is 0.130 e. The van der Waals surface area contributed by atoms with Gasteiger partial charge in [0.05, 0.1) is 18.2 Å². The number of aryl methyl sites for hydroxylation is 2. The molecule has 0 radical (unpaired) electrons. The monoisotopic (exact) mass is 236 g/mol. The van der Waals surface area contributed by atoms with Crippen LogP contribution in [0, 0.1) is 6.92 Å². The molecule has 0 aliphatic carbocycles. The second-order valence-corrected chi connectivity index (χ2v) is 4.83. The summed E-state index contributed by atoms with van der Waals surface area (Å²) in [5, 5.41) is 12.3. The molecule has 0 saturated heterocycles. The molecule has 0 bridgehead atoms. The molecule has 2 aromatic rings. The van der Waals surface area contributed by atoms with Crippen LogP contribution in [0.3, 0.4) is 0 Å². The van der Waals surface area contributed by atoms with Crippen LogP contribution in [0.25, 0.3) is 0 Å². The molecule has 0 amide bonds. The van der Waals surface area contributed by atoms with Crippen LogP contribution in [0.4, 0.5) is 0 Å². The normalized spacial score (nSPS) is 12.9. The van der Waals surface area contributed by atoms with Crippen LogP contribution in [-0.4, -0.2) is 14.7 Å². The maximum atomic E-state index is 10.3. The third-order valence-corrected chi connectivity index (χ3v) is 3.71. The first kappa shape index (κ1) is 11.4. The number of hydrogen-bond donors (Lipinski definition) is 1. The van der Waals surface area contributed by atoms with Crippen molar-refractivity contribution >= 4 is 11.3 Å². The Kier molecular flexibility index (Phi) is 3.41. The number of aliphatic hydroxyl groups is 1. The molecule has 4 heteroatoms. The Morgan fingerprint density at radius 1 is 1.56 bits per heavy atom. The van der Waals surface area contributed by atoms with Crippen LogP contribution in [0.15, 0.2) is 24.0 Å². The molecule has 0 saturated carbocycles. The minimum atomic E-state index is -0.547. The SMILES string of the molecule is CCCn1cncc1C(O)c1sccc1C. The summed E-state index contributed by atoms with van der Waals surface area (Å²) in [5.74, 6) is 0. The highest BCUT2D eigenvalue weighted by atomic mass is 32.1. The number of hydrogen-bond acceptors (Lipinski definition) is 3. The fourth-order valence-electron chi connectivity index (χ4n) is 1.79. The molecule has 0 spiro atoms. The highest BCUT2D eigenvalue weighted by Gasteiger charge is 2.17. The highest BCUT2D eigenvalue weighted by molar-refractivity contribution is 7.10. The van der Waals surface area contributed by atoms with Crippen LogP contribution in [0.1, 0.15) is 35.6 Å². The maximum absolute atomic E-state index is 10.3. The molecule has 2 heterocycles. The van der Waals surface area contributed by atoms with E-state index in [9.17, 15) is 5.11 Å². The van der Waals surface area contributed by atoms with E-state index in [1.807, 2.05) is 22.9 Å². The number of aliphatic hydroxyl groups excluding tert-OH is 1. The third-order valence-electron chi connectivity index (χ3n) is 2.64. The fourth-order valence-corrected chi connectivity index (χ4v) is 2.71. The lowest BCUT2D eigenvalue weighted by Gasteiger charge is -2.12. The van der Waals surface area contributed by atoms with Gasteiger partial charge in [-0.2, -0.15) is 0 Å². The fraction of sp³-hybridized carbons (Fsp3) is 0.417. The number of nitrogens with zero attached hydrogens (tertiary/aromatic N) is 2. The summed E-state index contributed by atoms with van der Waals surface area (Å²) >= 11 is 1.59. The van der Waals surface area contributed by atoms with Crippen molar-refractivity contribution in [3.63, 3.8) is 0 Å². The van der Waals surface area contributed by atoms with Crippen LogP contribution in [0.2, 0.25) is 0 Å². The summed E-state index contributed by atoms with van der Waals surface area (Å²) in [6.07, 6.45) is 4.03. The highest BCUT2D eigenvalue weighted by Crippen LogP contribution is 2.29. The molecular weight excluding hydrogens is 220 g/mol. The zero-order valence-electron chi connectivity index (χ0n) is 9.55. The van der Waals surface area contributed by atoms with E-state index in [1.54, 1.807) is 23.9 Å². The molecular formula is C12H16N2OS. The number of thiophene rings is 1. The van der Waals surface area contributed by atoms with Gasteiger partial charge in [-0.15, -0.1) is 11.3 Å². The van der Waals surface area contributed by atoms with Gasteiger partial charge in [0.2, 0.25) is 0 Å². The Balaban J connectivity index is 2.30. The third kappa shape index (κ3) is 2.03. The van der Waals surface area contributed by atoms with Gasteiger partial charge in [-0.3, -0.25) is 0 Å². The second-order valence-electron chi connectivity index (χ2n) is 3.88. The van der Waals surface area contributed by atoms with Gasteiger partial charge in [-0.25, -0.2) is 4.98 Å². The molecule has 1 atom stereocenters. The quantitative estimate of drug-likeness (QED) is 0.886. The Morgan fingerprint density at radius 3 is 3.00 bits per heavy atom. The molecule has 0 aliphatic rings. The minimum Gasteiger partial charge on any atom is -0.381 e. The summed E-state index contributed by atoms with van der Waals surface area (Å²) < 4.78 is 2.02. The first-order chi connectivity index (χ1) is 7.74. The molecule has 16 heavy (non-hydrogen) atoms. The summed E-state index contributed by atoms with van der Waals surface area (Å²) in [6.45, 7) is 5.04. The van der Waals surface area contributed by atoms with Gasteiger partial charge < -0.3 is 9.67 Å². The molecule has 0 aliphatic heterocycles. The van der Waals surface area contributed by atoms with Gasteiger partial charge in [-0.05, 0) is 30.4 Å². The largest absolute Gasteiger partial charge is 0.381 e. The predicted molar refractivity (Wildman–Crippen MR) is 65.6 cm³/mol. The molecule has 2 rings (SSSR count). The van der Waals surface area contributed by atoms with Gasteiger partial charge in [-0.1, -0.05) is 6.92 Å². The van der Waals surface area contributed by atoms with Crippen molar-refractivity contribution in [2.24, 2.45) is 0 Å². The van der Waals surface area contributed by atoms with Crippen molar-refractivity contribution in [3.8, 4) is 0 Å². The molecule has 1 unspecified atom stereocenters. The van der Waals surface area contributed by atoms with Crippen LogP contribution >= 0.6 is 11.3 Å². The van der Waals surface area contributed by atoms with Crippen molar-refractivity contribution in [3.05, 3.63) is 40.1 Å². The van der Waals surface area contributed by atoms with Crippen LogP contribution in [-0.2, 0) is 6.54 Å². The first-order valence-electron chi connectivity index (χ1n) is 5.46. The number of aromatic nitrogens is 2. The molecule has 0 fully saturated rings. The molecule has 3 nitrogen and oxygen atoms in total. The van der Waals surface area contributed by atoms with E-state index < -0.39 is 6.10 Å². The van der Waals surface area contributed by atoms with Crippen molar-refractivity contribution in [1.29, 1.82) is 0 Å². The Labute approximate surface area is 99.4 Å². The van der Waals surface area contributed by atoms with E-state index in [4.69, 9.17) is 0 Å². The van der Waals surface area contributed by atoms with E-state index >= 15 is 0 Å². The molecule has 86 valence electrons. The average Bonchev–Trinajstić information content (AvgIpc) is 2.87. The van der Waals surface area contributed by atoms with E-state index in [-0.39, 0.29) is 0 Å². The summed E-state index contributed by atoms with van der Waals surface area (Å²) in [4.78, 5) is 5.12. The van der Waals surface area contributed by atoms with E-state index in [2.05, 4.69) is 11.9 Å². The Hall–Kier alpha value is -1.13. The van der Waals surface area contributed by atoms with Crippen LogP contribution in [0.5, 0.6) is 0 Å². The smallest absolute Gasteiger partial charge is 0.130 e. The van der Waals surface area contributed by atoms with Crippen molar-refractivity contribution < 1.29 is 5.11 Å². The lowest BCUT2D eigenvalue weighted by atomic mass is 10.1. The minimum absolute atomic E-state index is 0.547. The summed E-state index contributed by atoms with van der Waals surface area (Å²) in [5.41, 5.74) is 2.02. The van der Waals surface area contributed by atoms with Gasteiger partial charge >= 0.3 is 0 Å². The second kappa shape index (κ2) is 4.80. The first-order valence-corrected chi connectivity index (χ1v) is 6.34. The average molecular weight is 236 g/mol. The zero-order valence-corrected chi connectivity index (χ0v) is 10.4. The Bertz CT molecular complexity index is 461. The number of imidazole rings is 1. The van der Waals surface area contributed by atoms with Crippen LogP contribution < -0.4 is 0 Å². The summed E-state index contributed by atoms with van der Waals surface area (Å²) in [6, 6.07) is 2.03. The lowest BCUT2D eigenvalue weighted by Crippen LogP contribution is -2.07. The molecule has 0 aromatic carbocycles. The topological polar surface area (TPSA) is 38.0 Å². The van der Waals surface area contributed by atoms with Gasteiger partial charge in [0.1, 0.15) is 6.10 Å². The van der Waals surface area contributed by atoms with Gasteiger partial charge in [0, 0.05) is 11.4 Å². The summed E-state index contributed by atoms with van der Waals surface area (Å²) in [7, 11) is 0. The Morgan fingerprint density at radius 2 is 2.38 bits per heavy atom. The van der Waals surface area contributed by atoms with Crippen molar-refractivity contribution in [2.75, 3.05) is 0 Å². The van der Waals surface area contributed by atoms with Crippen molar-refractivity contribution in [1.82, 2.24) is 9.55 Å². The van der Waals surface area contributed by atoms with E-state index in [0.717, 1.165) is 29.1 Å². The zero-order chi connectivity index (χ0) is 11.5. The standard InChI is InChI=1S/C12H16N2OS/c1-3-5-14-8-13-7-10(14)11(15)12-9(2)4-6-16-12/h4,6-8,11,15H,3,5H2,1-2H3. The lowest BCUT2D eigenvalue weighted by molar-refractivity contribution is 0.213. The van der Waals surface area contributed by atoms with Crippen molar-refractivity contribution in [2.45, 2.75) is 32.9 Å². The number of rotatable bonds is 4. The van der Waals surface area contributed by atoms with Gasteiger partial charge in [0.25, 0.3) is 0 Å². The molecule has 1 N–H and O–H groups in total. The van der Waals surface area contributed by atoms with Gasteiger partial charge in [0.15, 0.2) is 0 Å². The van der Waals surface area contributed by atoms with E-state index in [0.29, 0.717) is 0 Å².